The van der Waals surface area contributed by atoms with Crippen LogP contribution in [0.2, 0.25) is 0 Å². The lowest BCUT2D eigenvalue weighted by Crippen LogP contribution is -2.27. The Labute approximate surface area is 89.9 Å². The molecule has 1 aromatic rings. The Morgan fingerprint density at radius 2 is 2.00 bits per heavy atom. The quantitative estimate of drug-likeness (QED) is 0.732. The molecule has 15 heavy (non-hydrogen) atoms. The van der Waals surface area contributed by atoms with Crippen LogP contribution in [0, 0.1) is 0 Å². The van der Waals surface area contributed by atoms with Gasteiger partial charge in [-0.1, -0.05) is 0 Å². The maximum absolute atomic E-state index is 11.0. The second kappa shape index (κ2) is 4.21. The second-order valence-electron chi connectivity index (χ2n) is 3.84. The number of anilines is 2. The Hall–Kier alpha value is -1.71. The van der Waals surface area contributed by atoms with Crippen molar-refractivity contribution in [3.63, 3.8) is 0 Å². The van der Waals surface area contributed by atoms with E-state index in [4.69, 9.17) is 11.5 Å². The number of rotatable bonds is 3. The fraction of sp³-hybridized carbons (Fsp3) is 0.364. The van der Waals surface area contributed by atoms with Crippen LogP contribution >= 0.6 is 0 Å². The number of benzene rings is 1. The Kier molecular flexibility index (Phi) is 3.19. The van der Waals surface area contributed by atoms with Crippen molar-refractivity contribution in [2.75, 3.05) is 17.7 Å². The minimum absolute atomic E-state index is 0.315. The summed E-state index contributed by atoms with van der Waals surface area (Å²) < 4.78 is 0. The molecule has 0 radical (unpaired) electrons. The van der Waals surface area contributed by atoms with Crippen LogP contribution in [0.1, 0.15) is 24.2 Å². The van der Waals surface area contributed by atoms with E-state index in [1.807, 2.05) is 11.9 Å². The van der Waals surface area contributed by atoms with Gasteiger partial charge in [0.15, 0.2) is 0 Å². The van der Waals surface area contributed by atoms with Crippen molar-refractivity contribution in [3.8, 4) is 0 Å². The Morgan fingerprint density at radius 3 is 2.47 bits per heavy atom. The molecule has 0 spiro atoms. The molecule has 1 aromatic carbocycles. The maximum atomic E-state index is 11.0. The molecule has 0 saturated carbocycles. The third kappa shape index (κ3) is 2.40. The van der Waals surface area contributed by atoms with Crippen molar-refractivity contribution in [1.82, 2.24) is 0 Å². The first-order valence-corrected chi connectivity index (χ1v) is 4.85. The van der Waals surface area contributed by atoms with Gasteiger partial charge in [0.25, 0.3) is 0 Å². The third-order valence-electron chi connectivity index (χ3n) is 2.47. The summed E-state index contributed by atoms with van der Waals surface area (Å²) >= 11 is 0. The summed E-state index contributed by atoms with van der Waals surface area (Å²) in [5, 5.41) is 0. The molecule has 0 atom stereocenters. The summed E-state index contributed by atoms with van der Waals surface area (Å²) in [5.74, 6) is -0.437. The van der Waals surface area contributed by atoms with E-state index in [9.17, 15) is 4.79 Å². The summed E-state index contributed by atoms with van der Waals surface area (Å²) in [6.45, 7) is 4.10. The summed E-state index contributed by atoms with van der Waals surface area (Å²) in [6.07, 6.45) is 0. The molecule has 0 aliphatic heterocycles. The highest BCUT2D eigenvalue weighted by molar-refractivity contribution is 5.95. The molecule has 1 rings (SSSR count). The van der Waals surface area contributed by atoms with Crippen molar-refractivity contribution in [2.45, 2.75) is 19.9 Å². The van der Waals surface area contributed by atoms with Gasteiger partial charge in [-0.3, -0.25) is 4.79 Å². The summed E-state index contributed by atoms with van der Waals surface area (Å²) in [5.41, 5.74) is 13.0. The fourth-order valence-electron chi connectivity index (χ4n) is 1.28. The molecule has 0 aromatic heterocycles. The molecule has 0 saturated heterocycles. The summed E-state index contributed by atoms with van der Waals surface area (Å²) in [7, 11) is 1.93. The van der Waals surface area contributed by atoms with Gasteiger partial charge in [0, 0.05) is 18.7 Å². The van der Waals surface area contributed by atoms with Crippen LogP contribution in [0.3, 0.4) is 0 Å². The van der Waals surface area contributed by atoms with Crippen LogP contribution in [0.4, 0.5) is 11.4 Å². The molecule has 0 unspecified atom stereocenters. The van der Waals surface area contributed by atoms with E-state index >= 15 is 0 Å². The monoisotopic (exact) mass is 207 g/mol. The smallest absolute Gasteiger partial charge is 0.248 e. The number of amides is 1. The van der Waals surface area contributed by atoms with Crippen molar-refractivity contribution in [2.24, 2.45) is 5.73 Å². The Morgan fingerprint density at radius 1 is 1.40 bits per heavy atom. The van der Waals surface area contributed by atoms with Gasteiger partial charge in [-0.2, -0.15) is 0 Å². The van der Waals surface area contributed by atoms with Gasteiger partial charge < -0.3 is 16.4 Å². The lowest BCUT2D eigenvalue weighted by atomic mass is 10.1. The molecular weight excluding hydrogens is 190 g/mol. The lowest BCUT2D eigenvalue weighted by Gasteiger charge is -2.25. The minimum atomic E-state index is -0.437. The molecule has 82 valence electrons. The van der Waals surface area contributed by atoms with Gasteiger partial charge in [-0.05, 0) is 32.0 Å². The predicted molar refractivity (Wildman–Crippen MR) is 62.9 cm³/mol. The number of nitrogens with two attached hydrogens (primary N) is 2. The highest BCUT2D eigenvalue weighted by Gasteiger charge is 2.11. The van der Waals surface area contributed by atoms with Crippen LogP contribution in [-0.2, 0) is 0 Å². The average molecular weight is 207 g/mol. The van der Waals surface area contributed by atoms with Gasteiger partial charge in [-0.15, -0.1) is 0 Å². The highest BCUT2D eigenvalue weighted by atomic mass is 16.1. The van der Waals surface area contributed by atoms with Gasteiger partial charge in [0.2, 0.25) is 5.91 Å². The van der Waals surface area contributed by atoms with Crippen molar-refractivity contribution < 1.29 is 4.79 Å². The van der Waals surface area contributed by atoms with Crippen LogP contribution in [-0.4, -0.2) is 19.0 Å². The third-order valence-corrected chi connectivity index (χ3v) is 2.47. The van der Waals surface area contributed by atoms with E-state index < -0.39 is 5.91 Å². The molecule has 0 aliphatic rings. The zero-order valence-corrected chi connectivity index (χ0v) is 9.32. The fourth-order valence-corrected chi connectivity index (χ4v) is 1.28. The topological polar surface area (TPSA) is 72.3 Å². The molecule has 0 fully saturated rings. The molecule has 4 heteroatoms. The predicted octanol–water partition coefficient (Wildman–Crippen LogP) is 1.21. The molecule has 4 nitrogen and oxygen atoms in total. The maximum Gasteiger partial charge on any atom is 0.248 e. The average Bonchev–Trinajstić information content (AvgIpc) is 2.16. The second-order valence-corrected chi connectivity index (χ2v) is 3.84. The molecular formula is C11H17N3O. The molecule has 4 N–H and O–H groups in total. The van der Waals surface area contributed by atoms with Gasteiger partial charge in [0.1, 0.15) is 0 Å². The van der Waals surface area contributed by atoms with E-state index in [-0.39, 0.29) is 0 Å². The molecule has 0 aliphatic carbocycles. The normalized spacial score (nSPS) is 10.4. The zero-order chi connectivity index (χ0) is 11.6. The van der Waals surface area contributed by atoms with E-state index in [1.165, 1.54) is 0 Å². The molecule has 1 amide bonds. The number of hydrogen-bond acceptors (Lipinski definition) is 3. The number of nitrogens with zero attached hydrogens (tertiary/aromatic N) is 1. The molecule has 0 bridgehead atoms. The first kappa shape index (κ1) is 11.4. The summed E-state index contributed by atoms with van der Waals surface area (Å²) in [4.78, 5) is 13.0. The van der Waals surface area contributed by atoms with Crippen molar-refractivity contribution in [3.05, 3.63) is 23.8 Å². The lowest BCUT2D eigenvalue weighted by molar-refractivity contribution is 0.100. The molecule has 0 heterocycles. The van der Waals surface area contributed by atoms with Gasteiger partial charge in [0.05, 0.1) is 11.4 Å². The number of primary amides is 1. The van der Waals surface area contributed by atoms with E-state index in [0.29, 0.717) is 17.3 Å². The van der Waals surface area contributed by atoms with E-state index in [0.717, 1.165) is 5.69 Å². The van der Waals surface area contributed by atoms with Crippen LogP contribution in [0.15, 0.2) is 18.2 Å². The zero-order valence-electron chi connectivity index (χ0n) is 9.32. The Balaban J connectivity index is 3.16. The standard InChI is InChI=1S/C11H17N3O/c1-7(2)14(3)10-6-8(11(13)15)4-5-9(10)12/h4-7H,12H2,1-3H3,(H2,13,15). The van der Waals surface area contributed by atoms with E-state index in [2.05, 4.69) is 13.8 Å². The largest absolute Gasteiger partial charge is 0.397 e. The van der Waals surface area contributed by atoms with Gasteiger partial charge in [-0.25, -0.2) is 0 Å². The number of nitrogen functional groups attached to an aromatic ring is 1. The SMILES string of the molecule is CC(C)N(C)c1cc(C(N)=O)ccc1N. The van der Waals surface area contributed by atoms with Crippen molar-refractivity contribution in [1.29, 1.82) is 0 Å². The first-order valence-electron chi connectivity index (χ1n) is 4.85. The Bertz CT molecular complexity index is 374. The number of hydrogen-bond donors (Lipinski definition) is 2. The number of carbonyl (C=O) groups excluding carboxylic acids is 1. The summed E-state index contributed by atoms with van der Waals surface area (Å²) in [6, 6.07) is 5.37. The van der Waals surface area contributed by atoms with Gasteiger partial charge >= 0.3 is 0 Å². The minimum Gasteiger partial charge on any atom is -0.397 e. The van der Waals surface area contributed by atoms with Crippen LogP contribution in [0.5, 0.6) is 0 Å². The first-order chi connectivity index (χ1) is 6.93. The van der Waals surface area contributed by atoms with Crippen LogP contribution < -0.4 is 16.4 Å². The van der Waals surface area contributed by atoms with E-state index in [1.54, 1.807) is 18.2 Å². The van der Waals surface area contributed by atoms with Crippen molar-refractivity contribution >= 4 is 17.3 Å². The highest BCUT2D eigenvalue weighted by Crippen LogP contribution is 2.24. The van der Waals surface area contributed by atoms with Crippen LogP contribution in [0.25, 0.3) is 0 Å². The number of carbonyl (C=O) groups is 1.